The molecule has 0 radical (unpaired) electrons. The Bertz CT molecular complexity index is 1040. The Balaban J connectivity index is 0.000000366. The first-order chi connectivity index (χ1) is 14.8. The van der Waals surface area contributed by atoms with E-state index in [0.29, 0.717) is 12.2 Å². The molecular formula is C23H23IN2O5. The molecular weight excluding hydrogens is 511 g/mol. The highest BCUT2D eigenvalue weighted by molar-refractivity contribution is 14.1. The monoisotopic (exact) mass is 534 g/mol. The summed E-state index contributed by atoms with van der Waals surface area (Å²) in [5.74, 6) is -1.62. The summed E-state index contributed by atoms with van der Waals surface area (Å²) in [7, 11) is 0. The second kappa shape index (κ2) is 12.0. The van der Waals surface area contributed by atoms with Crippen molar-refractivity contribution < 1.29 is 24.5 Å². The first-order valence-electron chi connectivity index (χ1n) is 9.40. The van der Waals surface area contributed by atoms with Gasteiger partial charge in [0.15, 0.2) is 0 Å². The predicted octanol–water partition coefficient (Wildman–Crippen LogP) is 4.41. The first-order valence-corrected chi connectivity index (χ1v) is 10.5. The number of halogens is 1. The molecule has 0 saturated heterocycles. The number of nitrogens with two attached hydrogens (primary N) is 1. The van der Waals surface area contributed by atoms with E-state index in [1.54, 1.807) is 12.4 Å². The van der Waals surface area contributed by atoms with Crippen LogP contribution >= 0.6 is 22.6 Å². The fraction of sp³-hybridized carbons (Fsp3) is 0.174. The molecule has 0 spiro atoms. The summed E-state index contributed by atoms with van der Waals surface area (Å²) in [5.41, 5.74) is 7.12. The quantitative estimate of drug-likeness (QED) is 0.303. The predicted molar refractivity (Wildman–Crippen MR) is 127 cm³/mol. The van der Waals surface area contributed by atoms with Crippen molar-refractivity contribution in [3.8, 4) is 5.75 Å². The SMILES string of the molecule is CC(N)CC(Oc1cccc2cc(I)ccc12)c1ccncc1.O=C(O)/C=C\C(=O)O. The molecule has 1 heterocycles. The summed E-state index contributed by atoms with van der Waals surface area (Å²) in [6.45, 7) is 2.00. The molecule has 0 amide bonds. The number of pyridine rings is 1. The molecule has 1 aromatic heterocycles. The zero-order chi connectivity index (χ0) is 22.8. The van der Waals surface area contributed by atoms with Gasteiger partial charge in [-0.05, 0) is 76.9 Å². The lowest BCUT2D eigenvalue weighted by molar-refractivity contribution is -0.134. The average molecular weight is 534 g/mol. The summed E-state index contributed by atoms with van der Waals surface area (Å²) in [5, 5.41) is 17.9. The smallest absolute Gasteiger partial charge is 0.328 e. The minimum absolute atomic E-state index is 0.0593. The van der Waals surface area contributed by atoms with Crippen molar-refractivity contribution in [2.75, 3.05) is 0 Å². The van der Waals surface area contributed by atoms with Gasteiger partial charge in [-0.1, -0.05) is 12.1 Å². The molecule has 4 N–H and O–H groups in total. The Morgan fingerprint density at radius 3 is 2.32 bits per heavy atom. The zero-order valence-electron chi connectivity index (χ0n) is 16.8. The molecule has 0 aliphatic carbocycles. The molecule has 8 heteroatoms. The Labute approximate surface area is 193 Å². The number of aromatic nitrogens is 1. The Kier molecular flexibility index (Phi) is 9.41. The fourth-order valence-electron chi connectivity index (χ4n) is 2.79. The number of fused-ring (bicyclic) bond motifs is 1. The van der Waals surface area contributed by atoms with Crippen molar-refractivity contribution in [3.63, 3.8) is 0 Å². The highest BCUT2D eigenvalue weighted by Crippen LogP contribution is 2.32. The Morgan fingerprint density at radius 2 is 1.74 bits per heavy atom. The molecule has 31 heavy (non-hydrogen) atoms. The van der Waals surface area contributed by atoms with Crippen LogP contribution in [0.4, 0.5) is 0 Å². The van der Waals surface area contributed by atoms with Crippen LogP contribution in [0.3, 0.4) is 0 Å². The molecule has 3 rings (SSSR count). The summed E-state index contributed by atoms with van der Waals surface area (Å²) >= 11 is 2.33. The lowest BCUT2D eigenvalue weighted by Gasteiger charge is -2.22. The highest BCUT2D eigenvalue weighted by Gasteiger charge is 2.16. The molecule has 0 saturated carbocycles. The van der Waals surface area contributed by atoms with E-state index in [2.05, 4.69) is 51.8 Å². The van der Waals surface area contributed by atoms with E-state index in [1.165, 1.54) is 8.96 Å². The van der Waals surface area contributed by atoms with E-state index in [1.807, 2.05) is 31.2 Å². The van der Waals surface area contributed by atoms with Crippen LogP contribution in [0.5, 0.6) is 5.75 Å². The molecule has 2 aromatic carbocycles. The van der Waals surface area contributed by atoms with Gasteiger partial charge in [-0.2, -0.15) is 0 Å². The highest BCUT2D eigenvalue weighted by atomic mass is 127. The maximum absolute atomic E-state index is 9.55. The van der Waals surface area contributed by atoms with Gasteiger partial charge < -0.3 is 20.7 Å². The lowest BCUT2D eigenvalue weighted by Crippen LogP contribution is -2.21. The molecule has 162 valence electrons. The van der Waals surface area contributed by atoms with Gasteiger partial charge in [0.1, 0.15) is 11.9 Å². The number of ether oxygens (including phenoxy) is 1. The average Bonchev–Trinajstić information content (AvgIpc) is 2.72. The molecule has 3 aromatic rings. The second-order valence-corrected chi connectivity index (χ2v) is 7.98. The van der Waals surface area contributed by atoms with Gasteiger partial charge in [0.2, 0.25) is 0 Å². The minimum atomic E-state index is -1.26. The van der Waals surface area contributed by atoms with Crippen LogP contribution in [0.2, 0.25) is 0 Å². The minimum Gasteiger partial charge on any atom is -0.485 e. The van der Waals surface area contributed by atoms with Gasteiger partial charge in [0.25, 0.3) is 0 Å². The number of carboxylic acids is 2. The van der Waals surface area contributed by atoms with E-state index in [0.717, 1.165) is 23.1 Å². The summed E-state index contributed by atoms with van der Waals surface area (Å²) in [6.07, 6.45) is 5.37. The third-order valence-electron chi connectivity index (χ3n) is 4.10. The van der Waals surface area contributed by atoms with Crippen LogP contribution in [-0.2, 0) is 9.59 Å². The van der Waals surface area contributed by atoms with Gasteiger partial charge in [-0.15, -0.1) is 0 Å². The van der Waals surface area contributed by atoms with Crippen molar-refractivity contribution >= 4 is 45.3 Å². The van der Waals surface area contributed by atoms with E-state index >= 15 is 0 Å². The summed E-state index contributed by atoms with van der Waals surface area (Å²) in [6, 6.07) is 16.6. The zero-order valence-corrected chi connectivity index (χ0v) is 19.0. The summed E-state index contributed by atoms with van der Waals surface area (Å²) in [4.78, 5) is 23.2. The fourth-order valence-corrected chi connectivity index (χ4v) is 3.31. The molecule has 0 fully saturated rings. The van der Waals surface area contributed by atoms with Crippen LogP contribution in [0, 0.1) is 3.57 Å². The van der Waals surface area contributed by atoms with Crippen LogP contribution in [0.15, 0.2) is 73.1 Å². The van der Waals surface area contributed by atoms with E-state index < -0.39 is 11.9 Å². The number of hydrogen-bond donors (Lipinski definition) is 3. The van der Waals surface area contributed by atoms with Crippen LogP contribution < -0.4 is 10.5 Å². The third kappa shape index (κ3) is 8.35. The number of rotatable bonds is 7. The van der Waals surface area contributed by atoms with E-state index in [4.69, 9.17) is 20.7 Å². The number of hydrogen-bond acceptors (Lipinski definition) is 5. The van der Waals surface area contributed by atoms with Gasteiger partial charge in [-0.25, -0.2) is 9.59 Å². The van der Waals surface area contributed by atoms with Crippen molar-refractivity contribution in [2.24, 2.45) is 5.73 Å². The van der Waals surface area contributed by atoms with Crippen molar-refractivity contribution in [3.05, 3.63) is 82.2 Å². The second-order valence-electron chi connectivity index (χ2n) is 6.73. The molecule has 0 aliphatic rings. The van der Waals surface area contributed by atoms with Crippen molar-refractivity contribution in [2.45, 2.75) is 25.5 Å². The largest absolute Gasteiger partial charge is 0.485 e. The number of benzene rings is 2. The molecule has 0 bridgehead atoms. The van der Waals surface area contributed by atoms with E-state index in [9.17, 15) is 9.59 Å². The maximum Gasteiger partial charge on any atom is 0.328 e. The van der Waals surface area contributed by atoms with Crippen molar-refractivity contribution in [1.29, 1.82) is 0 Å². The Morgan fingerprint density at radius 1 is 1.10 bits per heavy atom. The van der Waals surface area contributed by atoms with Crippen LogP contribution in [0.1, 0.15) is 25.0 Å². The van der Waals surface area contributed by atoms with Gasteiger partial charge in [0, 0.05) is 46.0 Å². The number of carbonyl (C=O) groups is 2. The third-order valence-corrected chi connectivity index (χ3v) is 4.77. The first kappa shape index (κ1) is 24.3. The van der Waals surface area contributed by atoms with Crippen molar-refractivity contribution in [1.82, 2.24) is 4.98 Å². The van der Waals surface area contributed by atoms with Crippen LogP contribution in [-0.4, -0.2) is 33.2 Å². The standard InChI is InChI=1S/C19H19IN2O.C4H4O4/c1-13(21)11-19(14-7-9-22-10-8-14)23-18-4-2-3-15-12-16(20)5-6-17(15)18;5-3(6)1-2-4(7)8/h2-10,12-13,19H,11,21H2,1H3;1-2H,(H,5,6)(H,7,8)/b;2-1-. The number of aliphatic carboxylic acids is 2. The van der Waals surface area contributed by atoms with Gasteiger partial charge in [-0.3, -0.25) is 4.98 Å². The van der Waals surface area contributed by atoms with Crippen LogP contribution in [0.25, 0.3) is 10.8 Å². The molecule has 7 nitrogen and oxygen atoms in total. The summed E-state index contributed by atoms with van der Waals surface area (Å²) < 4.78 is 7.57. The molecule has 0 aliphatic heterocycles. The van der Waals surface area contributed by atoms with Gasteiger partial charge >= 0.3 is 11.9 Å². The van der Waals surface area contributed by atoms with Gasteiger partial charge in [0.05, 0.1) is 0 Å². The number of carboxylic acid groups (broad SMARTS) is 2. The topological polar surface area (TPSA) is 123 Å². The lowest BCUT2D eigenvalue weighted by atomic mass is 10.0. The normalized spacial score (nSPS) is 12.6. The maximum atomic E-state index is 9.55. The Hall–Kier alpha value is -2.98. The van der Waals surface area contributed by atoms with E-state index in [-0.39, 0.29) is 12.1 Å². The number of nitrogens with zero attached hydrogens (tertiary/aromatic N) is 1. The molecule has 2 unspecified atom stereocenters. The molecule has 2 atom stereocenters.